The molecule has 136 valence electrons. The third-order valence-electron chi connectivity index (χ3n) is 5.13. The first kappa shape index (κ1) is 19.6. The molecule has 0 spiro atoms. The van der Waals surface area contributed by atoms with E-state index in [0.29, 0.717) is 0 Å². The second-order valence-corrected chi connectivity index (χ2v) is 7.28. The van der Waals surface area contributed by atoms with E-state index < -0.39 is 0 Å². The normalized spacial score (nSPS) is 20.2. The van der Waals surface area contributed by atoms with E-state index in [1.165, 1.54) is 51.4 Å². The van der Waals surface area contributed by atoms with E-state index >= 15 is 0 Å². The van der Waals surface area contributed by atoms with Crippen LogP contribution in [0.3, 0.4) is 0 Å². The van der Waals surface area contributed by atoms with E-state index in [0.717, 1.165) is 36.2 Å². The first-order valence-electron chi connectivity index (χ1n) is 10.2. The summed E-state index contributed by atoms with van der Waals surface area (Å²) in [6.07, 6.45) is 16.2. The zero-order chi connectivity index (χ0) is 17.7. The van der Waals surface area contributed by atoms with Gasteiger partial charge in [-0.05, 0) is 74.3 Å². The summed E-state index contributed by atoms with van der Waals surface area (Å²) < 4.78 is 5.73. The van der Waals surface area contributed by atoms with Gasteiger partial charge in [-0.1, -0.05) is 57.4 Å². The Morgan fingerprint density at radius 2 is 1.76 bits per heavy atom. The molecule has 0 saturated heterocycles. The lowest BCUT2D eigenvalue weighted by Gasteiger charge is -2.26. The summed E-state index contributed by atoms with van der Waals surface area (Å²) in [6, 6.07) is 8.14. The minimum absolute atomic E-state index is 0.737. The minimum atomic E-state index is 0.737. The third kappa shape index (κ3) is 7.82. The van der Waals surface area contributed by atoms with Crippen LogP contribution in [0.4, 0.5) is 0 Å². The maximum atomic E-state index is 5.73. The van der Waals surface area contributed by atoms with Crippen LogP contribution in [0, 0.1) is 23.7 Å². The van der Waals surface area contributed by atoms with Gasteiger partial charge in [0, 0.05) is 5.56 Å². The van der Waals surface area contributed by atoms with Gasteiger partial charge in [0.1, 0.15) is 5.75 Å². The summed E-state index contributed by atoms with van der Waals surface area (Å²) in [6.45, 7) is 5.31. The van der Waals surface area contributed by atoms with Crippen molar-refractivity contribution in [3.63, 3.8) is 0 Å². The van der Waals surface area contributed by atoms with Crippen molar-refractivity contribution >= 4 is 0 Å². The van der Waals surface area contributed by atoms with Gasteiger partial charge in [-0.3, -0.25) is 0 Å². The van der Waals surface area contributed by atoms with Crippen molar-refractivity contribution in [2.75, 3.05) is 6.61 Å². The zero-order valence-corrected chi connectivity index (χ0v) is 16.1. The van der Waals surface area contributed by atoms with Gasteiger partial charge in [0.05, 0.1) is 6.61 Å². The second kappa shape index (κ2) is 11.8. The second-order valence-electron chi connectivity index (χ2n) is 7.28. The highest BCUT2D eigenvalue weighted by Crippen LogP contribution is 2.32. The summed E-state index contributed by atoms with van der Waals surface area (Å²) in [5.74, 6) is 9.08. The fourth-order valence-electron chi connectivity index (χ4n) is 3.56. The molecule has 1 fully saturated rings. The molecule has 0 aliphatic heterocycles. The van der Waals surface area contributed by atoms with Crippen molar-refractivity contribution in [1.29, 1.82) is 0 Å². The van der Waals surface area contributed by atoms with Gasteiger partial charge < -0.3 is 4.74 Å². The maximum Gasteiger partial charge on any atom is 0.119 e. The Bertz CT molecular complexity index is 550. The summed E-state index contributed by atoms with van der Waals surface area (Å²) in [5, 5.41) is 0. The van der Waals surface area contributed by atoms with Crippen LogP contribution >= 0.6 is 0 Å². The SMILES string of the molecule is CCCCCOc1ccc(C#CC=C[C@H]2CC[C@H](CCC)CC2)cc1. The fraction of sp³-hybridized carbons (Fsp3) is 0.583. The van der Waals surface area contributed by atoms with Crippen molar-refractivity contribution in [2.24, 2.45) is 11.8 Å². The molecule has 0 atom stereocenters. The number of unbranched alkanes of at least 4 members (excludes halogenated alkanes) is 2. The lowest BCUT2D eigenvalue weighted by molar-refractivity contribution is 0.294. The van der Waals surface area contributed by atoms with E-state index in [1.54, 1.807) is 0 Å². The van der Waals surface area contributed by atoms with Crippen LogP contribution in [0.2, 0.25) is 0 Å². The number of hydrogen-bond acceptors (Lipinski definition) is 1. The molecular weight excluding hydrogens is 304 g/mol. The highest BCUT2D eigenvalue weighted by atomic mass is 16.5. The average Bonchev–Trinajstić information content (AvgIpc) is 2.65. The van der Waals surface area contributed by atoms with Crippen molar-refractivity contribution in [3.8, 4) is 17.6 Å². The average molecular weight is 339 g/mol. The number of hydrogen-bond donors (Lipinski definition) is 0. The van der Waals surface area contributed by atoms with Crippen molar-refractivity contribution in [2.45, 2.75) is 71.6 Å². The lowest BCUT2D eigenvalue weighted by atomic mass is 9.80. The van der Waals surface area contributed by atoms with Gasteiger partial charge in [-0.25, -0.2) is 0 Å². The van der Waals surface area contributed by atoms with Crippen molar-refractivity contribution in [3.05, 3.63) is 42.0 Å². The fourth-order valence-corrected chi connectivity index (χ4v) is 3.56. The van der Waals surface area contributed by atoms with Crippen LogP contribution in [0.5, 0.6) is 5.75 Å². The maximum absolute atomic E-state index is 5.73. The molecule has 1 aliphatic carbocycles. The Balaban J connectivity index is 1.72. The smallest absolute Gasteiger partial charge is 0.119 e. The van der Waals surface area contributed by atoms with Crippen LogP contribution in [0.25, 0.3) is 0 Å². The Morgan fingerprint density at radius 1 is 1.00 bits per heavy atom. The molecule has 0 heterocycles. The number of benzene rings is 1. The van der Waals surface area contributed by atoms with Gasteiger partial charge in [-0.2, -0.15) is 0 Å². The van der Waals surface area contributed by atoms with Crippen LogP contribution in [0.15, 0.2) is 36.4 Å². The summed E-state index contributed by atoms with van der Waals surface area (Å²) in [7, 11) is 0. The van der Waals surface area contributed by atoms with Gasteiger partial charge in [0.25, 0.3) is 0 Å². The van der Waals surface area contributed by atoms with E-state index in [-0.39, 0.29) is 0 Å². The Morgan fingerprint density at radius 3 is 2.44 bits per heavy atom. The lowest BCUT2D eigenvalue weighted by Crippen LogP contribution is -2.12. The topological polar surface area (TPSA) is 9.23 Å². The van der Waals surface area contributed by atoms with E-state index in [1.807, 2.05) is 24.3 Å². The first-order chi connectivity index (χ1) is 12.3. The Kier molecular flexibility index (Phi) is 9.27. The van der Waals surface area contributed by atoms with Crippen molar-refractivity contribution < 1.29 is 4.74 Å². The third-order valence-corrected chi connectivity index (χ3v) is 5.13. The minimum Gasteiger partial charge on any atom is -0.494 e. The summed E-state index contributed by atoms with van der Waals surface area (Å²) in [5.41, 5.74) is 1.05. The molecule has 0 radical (unpaired) electrons. The molecule has 0 aromatic heterocycles. The molecular formula is C24H34O. The van der Waals surface area contributed by atoms with Gasteiger partial charge >= 0.3 is 0 Å². The van der Waals surface area contributed by atoms with E-state index in [4.69, 9.17) is 4.74 Å². The molecule has 1 aromatic rings. The molecule has 1 aliphatic rings. The Hall–Kier alpha value is -1.68. The molecule has 25 heavy (non-hydrogen) atoms. The van der Waals surface area contributed by atoms with Crippen molar-refractivity contribution in [1.82, 2.24) is 0 Å². The van der Waals surface area contributed by atoms with E-state index in [9.17, 15) is 0 Å². The monoisotopic (exact) mass is 338 g/mol. The van der Waals surface area contributed by atoms with Crippen LogP contribution < -0.4 is 4.74 Å². The molecule has 2 rings (SSSR count). The zero-order valence-electron chi connectivity index (χ0n) is 16.1. The largest absolute Gasteiger partial charge is 0.494 e. The molecule has 1 saturated carbocycles. The van der Waals surface area contributed by atoms with Crippen LogP contribution in [-0.2, 0) is 0 Å². The molecule has 0 bridgehead atoms. The predicted molar refractivity (Wildman–Crippen MR) is 108 cm³/mol. The van der Waals surface area contributed by atoms with Crippen LogP contribution in [0.1, 0.15) is 77.2 Å². The van der Waals surface area contributed by atoms with Crippen LogP contribution in [-0.4, -0.2) is 6.61 Å². The number of rotatable bonds is 8. The summed E-state index contributed by atoms with van der Waals surface area (Å²) >= 11 is 0. The standard InChI is InChI=1S/C24H34O/c1-3-5-8-20-25-24-18-16-23(17-19-24)11-7-6-10-22-14-12-21(9-4-2)13-15-22/h6,10,16-19,21-22H,3-5,8-9,12-15,20H2,1-2H3/t21-,22-. The number of allylic oxidation sites excluding steroid dienone is 2. The molecule has 1 aromatic carbocycles. The molecule has 0 N–H and O–H groups in total. The number of ether oxygens (including phenoxy) is 1. The Labute approximate surface area is 154 Å². The first-order valence-corrected chi connectivity index (χ1v) is 10.2. The molecule has 1 nitrogen and oxygen atoms in total. The molecule has 0 amide bonds. The highest BCUT2D eigenvalue weighted by Gasteiger charge is 2.18. The van der Waals surface area contributed by atoms with E-state index in [2.05, 4.69) is 37.8 Å². The quantitative estimate of drug-likeness (QED) is 0.375. The van der Waals surface area contributed by atoms with Gasteiger partial charge in [0.2, 0.25) is 0 Å². The van der Waals surface area contributed by atoms with Gasteiger partial charge in [0.15, 0.2) is 0 Å². The molecule has 0 unspecified atom stereocenters. The highest BCUT2D eigenvalue weighted by molar-refractivity contribution is 5.40. The van der Waals surface area contributed by atoms with Gasteiger partial charge in [-0.15, -0.1) is 0 Å². The predicted octanol–water partition coefficient (Wildman–Crippen LogP) is 6.77. The summed E-state index contributed by atoms with van der Waals surface area (Å²) in [4.78, 5) is 0. The molecule has 1 heteroatoms.